The van der Waals surface area contributed by atoms with Crippen LogP contribution >= 0.6 is 0 Å². The van der Waals surface area contributed by atoms with Crippen LogP contribution in [0.25, 0.3) is 11.4 Å². The monoisotopic (exact) mass is 301 g/mol. The molecule has 0 aliphatic carbocycles. The van der Waals surface area contributed by atoms with Crippen molar-refractivity contribution in [2.45, 2.75) is 38.6 Å². The minimum Gasteiger partial charge on any atom is -0.497 e. The van der Waals surface area contributed by atoms with Crippen molar-refractivity contribution in [3.05, 3.63) is 30.2 Å². The summed E-state index contributed by atoms with van der Waals surface area (Å²) in [4.78, 5) is 6.94. The first kappa shape index (κ1) is 15.0. The molecule has 0 N–H and O–H groups in total. The number of nitrogens with zero attached hydrogens (tertiary/aromatic N) is 3. The third-order valence-electron chi connectivity index (χ3n) is 4.12. The molecular formula is C17H23N3O2. The molecule has 0 spiro atoms. The molecule has 0 bridgehead atoms. The minimum absolute atomic E-state index is 0.643. The first-order valence-electron chi connectivity index (χ1n) is 8.04. The van der Waals surface area contributed by atoms with Gasteiger partial charge in [0.25, 0.3) is 0 Å². The average Bonchev–Trinajstić information content (AvgIpc) is 2.98. The van der Waals surface area contributed by atoms with Crippen LogP contribution in [0.15, 0.2) is 28.8 Å². The van der Waals surface area contributed by atoms with Gasteiger partial charge in [-0.2, -0.15) is 4.98 Å². The summed E-state index contributed by atoms with van der Waals surface area (Å²) < 4.78 is 10.6. The maximum atomic E-state index is 5.42. The Morgan fingerprint density at radius 2 is 1.73 bits per heavy atom. The SMILES string of the molecule is COc1ccc(-c2noc(CN3CCCCCCC3)n2)cc1. The molecular weight excluding hydrogens is 278 g/mol. The molecule has 1 aromatic heterocycles. The van der Waals surface area contributed by atoms with Crippen molar-refractivity contribution in [2.24, 2.45) is 0 Å². The van der Waals surface area contributed by atoms with Crippen LogP contribution in [0.3, 0.4) is 0 Å². The van der Waals surface area contributed by atoms with Crippen LogP contribution in [0.2, 0.25) is 0 Å². The summed E-state index contributed by atoms with van der Waals surface area (Å²) in [5.41, 5.74) is 0.948. The number of hydrogen-bond donors (Lipinski definition) is 0. The topological polar surface area (TPSA) is 51.4 Å². The number of rotatable bonds is 4. The van der Waals surface area contributed by atoms with E-state index >= 15 is 0 Å². The van der Waals surface area contributed by atoms with Crippen molar-refractivity contribution in [3.8, 4) is 17.1 Å². The molecule has 2 aromatic rings. The van der Waals surface area contributed by atoms with Gasteiger partial charge in [0.15, 0.2) is 0 Å². The van der Waals surface area contributed by atoms with Crippen LogP contribution in [0, 0.1) is 0 Å². The average molecular weight is 301 g/mol. The van der Waals surface area contributed by atoms with E-state index in [-0.39, 0.29) is 0 Å². The third-order valence-corrected chi connectivity index (χ3v) is 4.12. The lowest BCUT2D eigenvalue weighted by molar-refractivity contribution is 0.208. The molecule has 0 amide bonds. The quantitative estimate of drug-likeness (QED) is 0.865. The summed E-state index contributed by atoms with van der Waals surface area (Å²) in [6, 6.07) is 7.71. The van der Waals surface area contributed by atoms with Crippen LogP contribution in [0.5, 0.6) is 5.75 Å². The molecule has 5 heteroatoms. The van der Waals surface area contributed by atoms with Gasteiger partial charge in [0.05, 0.1) is 13.7 Å². The van der Waals surface area contributed by atoms with Gasteiger partial charge in [-0.15, -0.1) is 0 Å². The van der Waals surface area contributed by atoms with E-state index in [0.29, 0.717) is 11.7 Å². The Morgan fingerprint density at radius 3 is 2.41 bits per heavy atom. The molecule has 2 heterocycles. The summed E-state index contributed by atoms with van der Waals surface area (Å²) >= 11 is 0. The fraction of sp³-hybridized carbons (Fsp3) is 0.529. The smallest absolute Gasteiger partial charge is 0.241 e. The van der Waals surface area contributed by atoms with E-state index in [1.807, 2.05) is 24.3 Å². The summed E-state index contributed by atoms with van der Waals surface area (Å²) in [7, 11) is 1.66. The largest absolute Gasteiger partial charge is 0.497 e. The highest BCUT2D eigenvalue weighted by Crippen LogP contribution is 2.20. The number of ether oxygens (including phenoxy) is 1. The predicted molar refractivity (Wildman–Crippen MR) is 84.6 cm³/mol. The highest BCUT2D eigenvalue weighted by Gasteiger charge is 2.14. The van der Waals surface area contributed by atoms with Crippen molar-refractivity contribution in [2.75, 3.05) is 20.2 Å². The van der Waals surface area contributed by atoms with Gasteiger partial charge < -0.3 is 9.26 Å². The van der Waals surface area contributed by atoms with Crippen molar-refractivity contribution in [1.82, 2.24) is 15.0 Å². The second-order valence-electron chi connectivity index (χ2n) is 5.78. The maximum Gasteiger partial charge on any atom is 0.241 e. The fourth-order valence-corrected chi connectivity index (χ4v) is 2.84. The van der Waals surface area contributed by atoms with Gasteiger partial charge in [0, 0.05) is 5.56 Å². The number of benzene rings is 1. The molecule has 0 unspecified atom stereocenters. The van der Waals surface area contributed by atoms with E-state index in [9.17, 15) is 0 Å². The van der Waals surface area contributed by atoms with Gasteiger partial charge in [-0.25, -0.2) is 0 Å². The van der Waals surface area contributed by atoms with Gasteiger partial charge in [0.2, 0.25) is 11.7 Å². The van der Waals surface area contributed by atoms with Crippen LogP contribution in [-0.2, 0) is 6.54 Å². The number of likely N-dealkylation sites (tertiary alicyclic amines) is 1. The molecule has 1 saturated heterocycles. The first-order valence-corrected chi connectivity index (χ1v) is 8.04. The van der Waals surface area contributed by atoms with Crippen molar-refractivity contribution >= 4 is 0 Å². The Hall–Kier alpha value is -1.88. The van der Waals surface area contributed by atoms with Gasteiger partial charge in [-0.3, -0.25) is 4.90 Å². The van der Waals surface area contributed by atoms with Gasteiger partial charge in [-0.05, 0) is 50.2 Å². The van der Waals surface area contributed by atoms with Crippen LogP contribution < -0.4 is 4.74 Å². The Kier molecular flexibility index (Phi) is 5.06. The lowest BCUT2D eigenvalue weighted by Gasteiger charge is -2.22. The molecule has 118 valence electrons. The van der Waals surface area contributed by atoms with E-state index in [1.165, 1.54) is 32.1 Å². The Morgan fingerprint density at radius 1 is 1.05 bits per heavy atom. The summed E-state index contributed by atoms with van der Waals surface area (Å²) in [6.07, 6.45) is 6.56. The zero-order valence-corrected chi connectivity index (χ0v) is 13.1. The molecule has 1 aromatic carbocycles. The first-order chi connectivity index (χ1) is 10.8. The second kappa shape index (κ2) is 7.40. The van der Waals surface area contributed by atoms with Crippen LogP contribution in [-0.4, -0.2) is 35.2 Å². The minimum atomic E-state index is 0.643. The predicted octanol–water partition coefficient (Wildman–Crippen LogP) is 3.51. The fourth-order valence-electron chi connectivity index (χ4n) is 2.84. The lowest BCUT2D eigenvalue weighted by atomic mass is 10.1. The van der Waals surface area contributed by atoms with Gasteiger partial charge >= 0.3 is 0 Å². The Bertz CT molecular complexity index is 572. The van der Waals surface area contributed by atoms with Gasteiger partial charge in [0.1, 0.15) is 5.75 Å². The van der Waals surface area contributed by atoms with E-state index in [4.69, 9.17) is 9.26 Å². The zero-order chi connectivity index (χ0) is 15.2. The van der Waals surface area contributed by atoms with E-state index in [2.05, 4.69) is 15.0 Å². The normalized spacial score (nSPS) is 17.0. The lowest BCUT2D eigenvalue weighted by Crippen LogP contribution is -2.27. The number of methoxy groups -OCH3 is 1. The second-order valence-corrected chi connectivity index (χ2v) is 5.78. The van der Waals surface area contributed by atoms with Gasteiger partial charge in [-0.1, -0.05) is 24.4 Å². The van der Waals surface area contributed by atoms with E-state index in [0.717, 1.165) is 30.9 Å². The molecule has 1 fully saturated rings. The van der Waals surface area contributed by atoms with Crippen molar-refractivity contribution < 1.29 is 9.26 Å². The molecule has 3 rings (SSSR count). The molecule has 1 aliphatic rings. The van der Waals surface area contributed by atoms with Crippen LogP contribution in [0.1, 0.15) is 38.0 Å². The van der Waals surface area contributed by atoms with E-state index < -0.39 is 0 Å². The van der Waals surface area contributed by atoms with Crippen LogP contribution in [0.4, 0.5) is 0 Å². The summed E-state index contributed by atoms with van der Waals surface area (Å²) in [6.45, 7) is 3.00. The molecule has 0 saturated carbocycles. The highest BCUT2D eigenvalue weighted by molar-refractivity contribution is 5.55. The molecule has 1 aliphatic heterocycles. The molecule has 5 nitrogen and oxygen atoms in total. The van der Waals surface area contributed by atoms with Crippen molar-refractivity contribution in [1.29, 1.82) is 0 Å². The highest BCUT2D eigenvalue weighted by atomic mass is 16.5. The number of aromatic nitrogens is 2. The molecule has 22 heavy (non-hydrogen) atoms. The standard InChI is InChI=1S/C17H23N3O2/c1-21-15-9-7-14(8-10-15)17-18-16(22-19-17)13-20-11-5-3-2-4-6-12-20/h7-10H,2-6,11-13H2,1H3. The zero-order valence-electron chi connectivity index (χ0n) is 13.1. The number of hydrogen-bond acceptors (Lipinski definition) is 5. The molecule has 0 atom stereocenters. The van der Waals surface area contributed by atoms with E-state index in [1.54, 1.807) is 7.11 Å². The maximum absolute atomic E-state index is 5.42. The summed E-state index contributed by atoms with van der Waals surface area (Å²) in [5, 5.41) is 4.10. The third kappa shape index (κ3) is 3.85. The summed E-state index contributed by atoms with van der Waals surface area (Å²) in [5.74, 6) is 2.17. The molecule has 0 radical (unpaired) electrons. The Labute approximate surface area is 131 Å². The van der Waals surface area contributed by atoms with Crippen molar-refractivity contribution in [3.63, 3.8) is 0 Å². The Balaban J connectivity index is 1.64.